The van der Waals surface area contributed by atoms with Crippen molar-refractivity contribution in [1.82, 2.24) is 9.78 Å². The molecule has 9 heteroatoms. The molecule has 0 amide bonds. The van der Waals surface area contributed by atoms with Crippen LogP contribution >= 0.6 is 11.6 Å². The molecule has 5 nitrogen and oxygen atoms in total. The molecule has 1 aromatic heterocycles. The van der Waals surface area contributed by atoms with Crippen molar-refractivity contribution in [3.8, 4) is 5.69 Å². The Hall–Kier alpha value is -2.22. The van der Waals surface area contributed by atoms with Crippen LogP contribution in [0, 0.1) is 0 Å². The van der Waals surface area contributed by atoms with E-state index in [1.807, 2.05) is 0 Å². The van der Waals surface area contributed by atoms with Crippen molar-refractivity contribution in [1.29, 1.82) is 0 Å². The average Bonchev–Trinajstić information content (AvgIpc) is 2.86. The summed E-state index contributed by atoms with van der Waals surface area (Å²) in [6.07, 6.45) is -3.55. The highest BCUT2D eigenvalue weighted by Gasteiger charge is 2.34. The molecule has 0 atom stereocenters. The summed E-state index contributed by atoms with van der Waals surface area (Å²) in [4.78, 5) is 11.7. The molecule has 0 saturated heterocycles. The molecule has 1 heterocycles. The van der Waals surface area contributed by atoms with Crippen molar-refractivity contribution in [2.45, 2.75) is 6.18 Å². The van der Waals surface area contributed by atoms with Crippen LogP contribution in [0.3, 0.4) is 0 Å². The lowest BCUT2D eigenvalue weighted by atomic mass is 10.1. The van der Waals surface area contributed by atoms with Crippen molar-refractivity contribution in [3.63, 3.8) is 0 Å². The van der Waals surface area contributed by atoms with Gasteiger partial charge in [-0.25, -0.2) is 9.48 Å². The second-order valence-electron chi connectivity index (χ2n) is 4.03. The lowest BCUT2D eigenvalue weighted by Crippen LogP contribution is -2.12. The first-order chi connectivity index (χ1) is 9.74. The highest BCUT2D eigenvalue weighted by Crippen LogP contribution is 2.31. The van der Waals surface area contributed by atoms with E-state index in [2.05, 4.69) is 9.84 Å². The molecule has 2 rings (SSSR count). The first-order valence-electron chi connectivity index (χ1n) is 5.54. The van der Waals surface area contributed by atoms with Crippen LogP contribution in [-0.4, -0.2) is 22.9 Å². The minimum absolute atomic E-state index is 0.0211. The molecule has 0 aliphatic rings. The van der Waals surface area contributed by atoms with Gasteiger partial charge in [-0.05, 0) is 18.2 Å². The molecule has 2 N–H and O–H groups in total. The molecule has 21 heavy (non-hydrogen) atoms. The number of nitrogen functional groups attached to an aromatic ring is 1. The van der Waals surface area contributed by atoms with E-state index in [0.717, 1.165) is 24.1 Å². The quantitative estimate of drug-likeness (QED) is 0.682. The molecule has 112 valence electrons. The Labute approximate surface area is 122 Å². The summed E-state index contributed by atoms with van der Waals surface area (Å²) in [6, 6.07) is 3.33. The molecular weight excluding hydrogens is 311 g/mol. The second kappa shape index (κ2) is 5.28. The van der Waals surface area contributed by atoms with Crippen molar-refractivity contribution in [2.75, 3.05) is 12.8 Å². The second-order valence-corrected chi connectivity index (χ2v) is 4.44. The van der Waals surface area contributed by atoms with Crippen LogP contribution in [0.2, 0.25) is 5.02 Å². The molecule has 0 aliphatic heterocycles. The summed E-state index contributed by atoms with van der Waals surface area (Å²) < 4.78 is 43.2. The van der Waals surface area contributed by atoms with Gasteiger partial charge >= 0.3 is 12.1 Å². The van der Waals surface area contributed by atoms with Crippen LogP contribution in [0.15, 0.2) is 24.4 Å². The van der Waals surface area contributed by atoms with Gasteiger partial charge in [-0.15, -0.1) is 0 Å². The monoisotopic (exact) mass is 319 g/mol. The molecule has 0 bridgehead atoms. The summed E-state index contributed by atoms with van der Waals surface area (Å²) in [7, 11) is 1.13. The van der Waals surface area contributed by atoms with Gasteiger partial charge in [-0.1, -0.05) is 11.6 Å². The highest BCUT2D eigenvalue weighted by molar-refractivity contribution is 6.33. The fourth-order valence-corrected chi connectivity index (χ4v) is 2.03. The molecule has 0 unspecified atom stereocenters. The first-order valence-corrected chi connectivity index (χ1v) is 5.92. The van der Waals surface area contributed by atoms with Gasteiger partial charge in [-0.2, -0.15) is 18.3 Å². The number of esters is 1. The van der Waals surface area contributed by atoms with Crippen LogP contribution in [0.1, 0.15) is 16.1 Å². The fourth-order valence-electron chi connectivity index (χ4n) is 1.72. The van der Waals surface area contributed by atoms with Gasteiger partial charge < -0.3 is 10.5 Å². The summed E-state index contributed by atoms with van der Waals surface area (Å²) in [5, 5.41) is 3.36. The number of carbonyl (C=O) groups is 1. The number of hydrogen-bond donors (Lipinski definition) is 1. The van der Waals surface area contributed by atoms with E-state index in [0.29, 0.717) is 0 Å². The SMILES string of the molecule is COC(=O)c1cc(N)cc(Cl)c1-n1ccc(C(F)(F)F)n1. The zero-order chi connectivity index (χ0) is 15.8. The summed E-state index contributed by atoms with van der Waals surface area (Å²) in [5.41, 5.74) is 4.52. The van der Waals surface area contributed by atoms with E-state index in [4.69, 9.17) is 17.3 Å². The number of anilines is 1. The summed E-state index contributed by atoms with van der Waals surface area (Å²) in [6.45, 7) is 0. The molecule has 0 spiro atoms. The number of carbonyl (C=O) groups excluding carboxylic acids is 1. The molecule has 0 aliphatic carbocycles. The summed E-state index contributed by atoms with van der Waals surface area (Å²) in [5.74, 6) is -0.789. The van der Waals surface area contributed by atoms with Crippen LogP contribution in [0.4, 0.5) is 18.9 Å². The number of methoxy groups -OCH3 is 1. The Balaban J connectivity index is 2.63. The number of halogens is 4. The summed E-state index contributed by atoms with van der Waals surface area (Å²) >= 11 is 5.96. The largest absolute Gasteiger partial charge is 0.465 e. The van der Waals surface area contributed by atoms with Gasteiger partial charge in [0.25, 0.3) is 0 Å². The molecule has 1 aromatic carbocycles. The number of alkyl halides is 3. The van der Waals surface area contributed by atoms with E-state index in [-0.39, 0.29) is 22.0 Å². The van der Waals surface area contributed by atoms with E-state index in [9.17, 15) is 18.0 Å². The van der Waals surface area contributed by atoms with E-state index >= 15 is 0 Å². The molecule has 2 aromatic rings. The highest BCUT2D eigenvalue weighted by atomic mass is 35.5. The number of rotatable bonds is 2. The van der Waals surface area contributed by atoms with Crippen LogP contribution in [-0.2, 0) is 10.9 Å². The third kappa shape index (κ3) is 2.94. The third-order valence-corrected chi connectivity index (χ3v) is 2.89. The van der Waals surface area contributed by atoms with Crippen LogP contribution < -0.4 is 5.73 Å². The third-order valence-electron chi connectivity index (χ3n) is 2.60. The number of nitrogens with zero attached hydrogens (tertiary/aromatic N) is 2. The maximum absolute atomic E-state index is 12.6. The fraction of sp³-hybridized carbons (Fsp3) is 0.167. The van der Waals surface area contributed by atoms with Gasteiger partial charge in [-0.3, -0.25) is 0 Å². The Morgan fingerprint density at radius 2 is 2.10 bits per heavy atom. The lowest BCUT2D eigenvalue weighted by Gasteiger charge is -2.11. The normalized spacial score (nSPS) is 11.5. The van der Waals surface area contributed by atoms with Gasteiger partial charge in [0.15, 0.2) is 5.69 Å². The number of hydrogen-bond acceptors (Lipinski definition) is 4. The van der Waals surface area contributed by atoms with Gasteiger partial charge in [0.05, 0.1) is 23.4 Å². The van der Waals surface area contributed by atoms with Crippen molar-refractivity contribution in [3.05, 3.63) is 40.7 Å². The number of nitrogens with two attached hydrogens (primary N) is 1. The Bertz CT molecular complexity index is 698. The van der Waals surface area contributed by atoms with E-state index in [1.54, 1.807) is 0 Å². The number of benzene rings is 1. The van der Waals surface area contributed by atoms with E-state index < -0.39 is 17.8 Å². The van der Waals surface area contributed by atoms with Crippen molar-refractivity contribution < 1.29 is 22.7 Å². The maximum atomic E-state index is 12.6. The lowest BCUT2D eigenvalue weighted by molar-refractivity contribution is -0.141. The zero-order valence-corrected chi connectivity index (χ0v) is 11.4. The smallest absolute Gasteiger partial charge is 0.435 e. The van der Waals surface area contributed by atoms with Crippen LogP contribution in [0.5, 0.6) is 0 Å². The number of aromatic nitrogens is 2. The Morgan fingerprint density at radius 1 is 1.43 bits per heavy atom. The standard InChI is InChI=1S/C12H9ClF3N3O2/c1-21-11(20)7-4-6(17)5-8(13)10(7)19-3-2-9(18-19)12(14,15)16/h2-5H,17H2,1H3. The average molecular weight is 320 g/mol. The molecule has 0 radical (unpaired) electrons. The van der Waals surface area contributed by atoms with Gasteiger partial charge in [0.1, 0.15) is 0 Å². The Kier molecular flexibility index (Phi) is 3.82. The number of ether oxygens (including phenoxy) is 1. The van der Waals surface area contributed by atoms with Gasteiger partial charge in [0, 0.05) is 11.9 Å². The topological polar surface area (TPSA) is 70.1 Å². The zero-order valence-electron chi connectivity index (χ0n) is 10.6. The van der Waals surface area contributed by atoms with Crippen LogP contribution in [0.25, 0.3) is 5.69 Å². The maximum Gasteiger partial charge on any atom is 0.435 e. The molecular formula is C12H9ClF3N3O2. The molecule has 0 saturated carbocycles. The molecule has 0 fully saturated rings. The minimum atomic E-state index is -4.60. The van der Waals surface area contributed by atoms with Crippen molar-refractivity contribution >= 4 is 23.3 Å². The van der Waals surface area contributed by atoms with Crippen molar-refractivity contribution in [2.24, 2.45) is 0 Å². The first kappa shape index (κ1) is 15.2. The Morgan fingerprint density at radius 3 is 2.62 bits per heavy atom. The van der Waals surface area contributed by atoms with Gasteiger partial charge in [0.2, 0.25) is 0 Å². The van der Waals surface area contributed by atoms with E-state index in [1.165, 1.54) is 12.1 Å². The predicted octanol–water partition coefficient (Wildman–Crippen LogP) is 2.91. The predicted molar refractivity (Wildman–Crippen MR) is 69.3 cm³/mol. The minimum Gasteiger partial charge on any atom is -0.465 e.